The average Bonchev–Trinajstić information content (AvgIpc) is 3.19. The van der Waals surface area contributed by atoms with E-state index < -0.39 is 0 Å². The lowest BCUT2D eigenvalue weighted by Crippen LogP contribution is -2.28. The molecule has 0 aromatic heterocycles. The second kappa shape index (κ2) is 9.07. The maximum atomic E-state index is 12.2. The van der Waals surface area contributed by atoms with E-state index >= 15 is 0 Å². The third-order valence-corrected chi connectivity index (χ3v) is 6.25. The Bertz CT molecular complexity index is 1060. The molecule has 0 N–H and O–H groups in total. The van der Waals surface area contributed by atoms with E-state index in [4.69, 9.17) is 14.6 Å². The van der Waals surface area contributed by atoms with Crippen LogP contribution >= 0.6 is 0 Å². The number of benzene rings is 2. The lowest BCUT2D eigenvalue weighted by Gasteiger charge is -2.31. The minimum Gasteiger partial charge on any atom is -0.497 e. The molecule has 1 aliphatic heterocycles. The van der Waals surface area contributed by atoms with Gasteiger partial charge in [-0.15, -0.1) is 0 Å². The zero-order valence-electron chi connectivity index (χ0n) is 19.5. The van der Waals surface area contributed by atoms with E-state index in [-0.39, 0.29) is 17.9 Å². The highest BCUT2D eigenvalue weighted by atomic mass is 16.5. The van der Waals surface area contributed by atoms with Crippen molar-refractivity contribution in [1.82, 2.24) is 5.01 Å². The minimum absolute atomic E-state index is 0.0197. The van der Waals surface area contributed by atoms with Gasteiger partial charge < -0.3 is 14.4 Å². The van der Waals surface area contributed by atoms with Crippen LogP contribution in [0.5, 0.6) is 5.75 Å². The van der Waals surface area contributed by atoms with Crippen molar-refractivity contribution in [3.05, 3.63) is 70.9 Å². The van der Waals surface area contributed by atoms with Crippen molar-refractivity contribution in [2.24, 2.45) is 11.0 Å². The van der Waals surface area contributed by atoms with Crippen LogP contribution < -0.4 is 9.64 Å². The summed E-state index contributed by atoms with van der Waals surface area (Å²) in [6.45, 7) is 4.08. The van der Waals surface area contributed by atoms with Gasteiger partial charge in [0.05, 0.1) is 25.5 Å². The van der Waals surface area contributed by atoms with Gasteiger partial charge in [0.2, 0.25) is 0 Å². The highest BCUT2D eigenvalue weighted by molar-refractivity contribution is 6.06. The fraction of sp³-hybridized carbons (Fsp3) is 0.385. The van der Waals surface area contributed by atoms with Crippen LogP contribution in [-0.2, 0) is 16.0 Å². The van der Waals surface area contributed by atoms with E-state index in [0.717, 1.165) is 41.3 Å². The molecule has 0 bridgehead atoms. The summed E-state index contributed by atoms with van der Waals surface area (Å²) in [5.41, 5.74) is 6.59. The van der Waals surface area contributed by atoms with Crippen LogP contribution in [-0.4, -0.2) is 44.5 Å². The van der Waals surface area contributed by atoms with E-state index in [1.54, 1.807) is 13.2 Å². The zero-order chi connectivity index (χ0) is 22.8. The topological polar surface area (TPSA) is 54.4 Å². The van der Waals surface area contributed by atoms with Gasteiger partial charge in [0.1, 0.15) is 5.75 Å². The Balaban J connectivity index is 1.78. The summed E-state index contributed by atoms with van der Waals surface area (Å²) in [4.78, 5) is 14.3. The highest BCUT2D eigenvalue weighted by Crippen LogP contribution is 2.45. The first-order valence-electron chi connectivity index (χ1n) is 11.1. The number of anilines is 1. The normalized spacial score (nSPS) is 19.7. The zero-order valence-corrected chi connectivity index (χ0v) is 19.5. The van der Waals surface area contributed by atoms with E-state index in [9.17, 15) is 4.79 Å². The van der Waals surface area contributed by atoms with Crippen LogP contribution in [0.3, 0.4) is 0 Å². The largest absolute Gasteiger partial charge is 0.497 e. The van der Waals surface area contributed by atoms with Crippen molar-refractivity contribution in [3.63, 3.8) is 0 Å². The lowest BCUT2D eigenvalue weighted by atomic mass is 9.77. The van der Waals surface area contributed by atoms with E-state index in [0.29, 0.717) is 6.61 Å². The molecular formula is C26H31N3O3. The SMILES string of the molecule is CCOC(=O)/C=C(\C)N1N=C2c3cc(OC)ccc3CC[C@@H]2[C@@H]1c1ccc(N(C)C)cc1. The number of carbonyl (C=O) groups excluding carboxylic acids is 1. The number of hydrogen-bond acceptors (Lipinski definition) is 6. The average molecular weight is 434 g/mol. The lowest BCUT2D eigenvalue weighted by molar-refractivity contribution is -0.137. The summed E-state index contributed by atoms with van der Waals surface area (Å²) in [5, 5.41) is 7.06. The molecule has 2 atom stereocenters. The summed E-state index contributed by atoms with van der Waals surface area (Å²) in [6, 6.07) is 14.9. The molecule has 0 amide bonds. The molecule has 0 unspecified atom stereocenters. The second-order valence-electron chi connectivity index (χ2n) is 8.47. The predicted octanol–water partition coefficient (Wildman–Crippen LogP) is 4.55. The van der Waals surface area contributed by atoms with Crippen molar-refractivity contribution in [2.75, 3.05) is 32.7 Å². The van der Waals surface area contributed by atoms with Gasteiger partial charge in [0.15, 0.2) is 0 Å². The molecule has 1 heterocycles. The number of rotatable bonds is 6. The Labute approximate surface area is 190 Å². The fourth-order valence-electron chi connectivity index (χ4n) is 4.63. The summed E-state index contributed by atoms with van der Waals surface area (Å²) in [5.74, 6) is 0.713. The van der Waals surface area contributed by atoms with Gasteiger partial charge in [-0.25, -0.2) is 4.79 Å². The first-order valence-corrected chi connectivity index (χ1v) is 11.1. The molecule has 1 aliphatic carbocycles. The summed E-state index contributed by atoms with van der Waals surface area (Å²) < 4.78 is 10.6. The molecule has 0 spiro atoms. The fourth-order valence-corrected chi connectivity index (χ4v) is 4.63. The van der Waals surface area contributed by atoms with Crippen molar-refractivity contribution in [3.8, 4) is 5.75 Å². The summed E-state index contributed by atoms with van der Waals surface area (Å²) >= 11 is 0. The van der Waals surface area contributed by atoms with Crippen molar-refractivity contribution < 1.29 is 14.3 Å². The Morgan fingerprint density at radius 1 is 1.22 bits per heavy atom. The maximum absolute atomic E-state index is 12.2. The van der Waals surface area contributed by atoms with E-state index in [2.05, 4.69) is 41.3 Å². The number of allylic oxidation sites excluding steroid dienone is 1. The van der Waals surface area contributed by atoms with Gasteiger partial charge in [-0.3, -0.25) is 5.01 Å². The number of carbonyl (C=O) groups is 1. The van der Waals surface area contributed by atoms with Gasteiger partial charge in [-0.05, 0) is 62.1 Å². The van der Waals surface area contributed by atoms with E-state index in [1.165, 1.54) is 11.1 Å². The van der Waals surface area contributed by atoms with Crippen LogP contribution in [0, 0.1) is 5.92 Å². The molecule has 0 radical (unpaired) electrons. The molecular weight excluding hydrogens is 402 g/mol. The molecule has 6 heteroatoms. The van der Waals surface area contributed by atoms with Crippen LogP contribution in [0.2, 0.25) is 0 Å². The van der Waals surface area contributed by atoms with Crippen LogP contribution in [0.15, 0.2) is 59.3 Å². The standard InChI is InChI=1S/C26H31N3O3/c1-6-32-24(30)15-17(2)29-26(19-7-11-20(12-8-19)28(3)4)22-14-10-18-9-13-21(31-5)16-23(18)25(22)27-29/h7-9,11-13,15-16,22,26H,6,10,14H2,1-5H3/b17-15+/t22-,26-/m0/s1. The Kier molecular flexibility index (Phi) is 6.21. The number of esters is 1. The summed E-state index contributed by atoms with van der Waals surface area (Å²) in [7, 11) is 5.76. The molecule has 0 saturated heterocycles. The third kappa shape index (κ3) is 4.09. The predicted molar refractivity (Wildman–Crippen MR) is 127 cm³/mol. The number of nitrogens with zero attached hydrogens (tertiary/aromatic N) is 3. The Morgan fingerprint density at radius 2 is 1.97 bits per heavy atom. The molecule has 0 fully saturated rings. The molecule has 0 saturated carbocycles. The number of fused-ring (bicyclic) bond motifs is 3. The molecule has 4 rings (SSSR count). The number of aryl methyl sites for hydroxylation is 1. The molecule has 168 valence electrons. The minimum atomic E-state index is -0.344. The Hall–Kier alpha value is -3.28. The van der Waals surface area contributed by atoms with Gasteiger partial charge in [0, 0.05) is 43.0 Å². The van der Waals surface area contributed by atoms with Crippen LogP contribution in [0.1, 0.15) is 43.0 Å². The van der Waals surface area contributed by atoms with Crippen molar-refractivity contribution in [1.29, 1.82) is 0 Å². The number of hydrogen-bond donors (Lipinski definition) is 0. The molecule has 2 aromatic carbocycles. The first-order chi connectivity index (χ1) is 15.4. The number of methoxy groups -OCH3 is 1. The van der Waals surface area contributed by atoms with Gasteiger partial charge in [-0.2, -0.15) is 5.10 Å². The van der Waals surface area contributed by atoms with Gasteiger partial charge >= 0.3 is 5.97 Å². The molecule has 6 nitrogen and oxygen atoms in total. The van der Waals surface area contributed by atoms with Gasteiger partial charge in [-0.1, -0.05) is 18.2 Å². The monoisotopic (exact) mass is 433 g/mol. The maximum Gasteiger partial charge on any atom is 0.332 e. The van der Waals surface area contributed by atoms with Gasteiger partial charge in [0.25, 0.3) is 0 Å². The Morgan fingerprint density at radius 3 is 2.62 bits per heavy atom. The molecule has 2 aliphatic rings. The number of ether oxygens (including phenoxy) is 2. The molecule has 2 aromatic rings. The van der Waals surface area contributed by atoms with E-state index in [1.807, 2.05) is 39.0 Å². The quantitative estimate of drug-likeness (QED) is 0.494. The summed E-state index contributed by atoms with van der Waals surface area (Å²) in [6.07, 6.45) is 3.53. The second-order valence-corrected chi connectivity index (χ2v) is 8.47. The highest BCUT2D eigenvalue weighted by Gasteiger charge is 2.42. The third-order valence-electron chi connectivity index (χ3n) is 6.25. The smallest absolute Gasteiger partial charge is 0.332 e. The molecule has 32 heavy (non-hydrogen) atoms. The first kappa shape index (κ1) is 21.9. The van der Waals surface area contributed by atoms with Crippen LogP contribution in [0.25, 0.3) is 0 Å². The van der Waals surface area contributed by atoms with Crippen LogP contribution in [0.4, 0.5) is 5.69 Å². The van der Waals surface area contributed by atoms with Crippen molar-refractivity contribution in [2.45, 2.75) is 32.7 Å². The number of hydrazone groups is 1. The van der Waals surface area contributed by atoms with Crippen molar-refractivity contribution >= 4 is 17.4 Å².